The van der Waals surface area contributed by atoms with Crippen LogP contribution in [0.1, 0.15) is 38.5 Å². The fraction of sp³-hybridized carbons (Fsp3) is 1.00. The van der Waals surface area contributed by atoms with Crippen molar-refractivity contribution >= 4 is 12.4 Å². The minimum atomic E-state index is 0. The van der Waals surface area contributed by atoms with Crippen molar-refractivity contribution in [3.8, 4) is 0 Å². The quantitative estimate of drug-likeness (QED) is 0.710. The highest BCUT2D eigenvalue weighted by Crippen LogP contribution is 2.48. The molecule has 72 valence electrons. The molecule has 2 atom stereocenters. The number of nitrogens with two attached hydrogens (primary N) is 1. The van der Waals surface area contributed by atoms with Gasteiger partial charge in [-0.1, -0.05) is 32.1 Å². The summed E-state index contributed by atoms with van der Waals surface area (Å²) < 4.78 is 0. The fourth-order valence-electron chi connectivity index (χ4n) is 2.68. The molecule has 0 aliphatic heterocycles. The molecule has 2 heteroatoms. The van der Waals surface area contributed by atoms with Gasteiger partial charge in [0.2, 0.25) is 0 Å². The van der Waals surface area contributed by atoms with E-state index in [0.717, 1.165) is 24.3 Å². The SMILES string of the molecule is Cl.NC[C@@H]1C[C@H]1C1CCCCC1. The molecule has 0 heterocycles. The molecular weight excluding hydrogens is 170 g/mol. The first-order chi connectivity index (χ1) is 5.42. The van der Waals surface area contributed by atoms with Gasteiger partial charge in [-0.05, 0) is 30.7 Å². The average Bonchev–Trinajstić information content (AvgIpc) is 2.85. The molecule has 0 aromatic rings. The van der Waals surface area contributed by atoms with Crippen molar-refractivity contribution in [1.29, 1.82) is 0 Å². The standard InChI is InChI=1S/C10H19N.ClH/c11-7-9-6-10(9)8-4-2-1-3-5-8;/h8-10H,1-7,11H2;1H/t9-,10-;/m0./s1. The topological polar surface area (TPSA) is 26.0 Å². The summed E-state index contributed by atoms with van der Waals surface area (Å²) >= 11 is 0. The third-order valence-electron chi connectivity index (χ3n) is 3.54. The maximum atomic E-state index is 5.63. The first-order valence-corrected chi connectivity index (χ1v) is 5.12. The van der Waals surface area contributed by atoms with Crippen molar-refractivity contribution in [2.75, 3.05) is 6.54 Å². The molecule has 2 aliphatic carbocycles. The normalized spacial score (nSPS) is 35.8. The molecule has 2 fully saturated rings. The van der Waals surface area contributed by atoms with E-state index in [1.54, 1.807) is 0 Å². The van der Waals surface area contributed by atoms with Crippen LogP contribution in [0.15, 0.2) is 0 Å². The van der Waals surface area contributed by atoms with Crippen LogP contribution in [0.2, 0.25) is 0 Å². The van der Waals surface area contributed by atoms with Crippen LogP contribution < -0.4 is 5.73 Å². The predicted molar refractivity (Wildman–Crippen MR) is 54.5 cm³/mol. The second kappa shape index (κ2) is 4.48. The van der Waals surface area contributed by atoms with Crippen molar-refractivity contribution in [2.45, 2.75) is 38.5 Å². The van der Waals surface area contributed by atoms with Crippen LogP contribution in [0.4, 0.5) is 0 Å². The highest BCUT2D eigenvalue weighted by atomic mass is 35.5. The van der Waals surface area contributed by atoms with Gasteiger partial charge in [0.15, 0.2) is 0 Å². The zero-order chi connectivity index (χ0) is 7.68. The molecule has 0 aromatic carbocycles. The molecule has 2 N–H and O–H groups in total. The van der Waals surface area contributed by atoms with Crippen LogP contribution in [0, 0.1) is 17.8 Å². The third-order valence-corrected chi connectivity index (χ3v) is 3.54. The Morgan fingerprint density at radius 2 is 1.75 bits per heavy atom. The molecule has 0 aromatic heterocycles. The third kappa shape index (κ3) is 2.14. The van der Waals surface area contributed by atoms with Gasteiger partial charge in [-0.15, -0.1) is 12.4 Å². The van der Waals surface area contributed by atoms with Crippen LogP contribution >= 0.6 is 12.4 Å². The first-order valence-electron chi connectivity index (χ1n) is 5.12. The molecule has 2 saturated carbocycles. The maximum Gasteiger partial charge on any atom is -0.00460 e. The molecule has 0 radical (unpaired) electrons. The van der Waals surface area contributed by atoms with Crippen molar-refractivity contribution in [2.24, 2.45) is 23.5 Å². The lowest BCUT2D eigenvalue weighted by molar-refractivity contribution is 0.310. The summed E-state index contributed by atoms with van der Waals surface area (Å²) in [5, 5.41) is 0. The number of rotatable bonds is 2. The monoisotopic (exact) mass is 189 g/mol. The highest BCUT2D eigenvalue weighted by Gasteiger charge is 2.41. The maximum absolute atomic E-state index is 5.63. The van der Waals surface area contributed by atoms with Gasteiger partial charge >= 0.3 is 0 Å². The summed E-state index contributed by atoms with van der Waals surface area (Å²) in [6, 6.07) is 0. The van der Waals surface area contributed by atoms with Crippen LogP contribution in [0.25, 0.3) is 0 Å². The van der Waals surface area contributed by atoms with Gasteiger partial charge in [0.25, 0.3) is 0 Å². The Morgan fingerprint density at radius 3 is 2.25 bits per heavy atom. The zero-order valence-electron chi connectivity index (χ0n) is 7.67. The van der Waals surface area contributed by atoms with E-state index >= 15 is 0 Å². The van der Waals surface area contributed by atoms with Crippen LogP contribution in [0.3, 0.4) is 0 Å². The van der Waals surface area contributed by atoms with E-state index in [0.29, 0.717) is 0 Å². The van der Waals surface area contributed by atoms with E-state index in [2.05, 4.69) is 0 Å². The largest absolute Gasteiger partial charge is 0.330 e. The summed E-state index contributed by atoms with van der Waals surface area (Å²) in [5.74, 6) is 3.02. The second-order valence-corrected chi connectivity index (χ2v) is 4.29. The average molecular weight is 190 g/mol. The van der Waals surface area contributed by atoms with Gasteiger partial charge < -0.3 is 5.73 Å². The summed E-state index contributed by atoms with van der Waals surface area (Å²) in [6.07, 6.45) is 8.90. The van der Waals surface area contributed by atoms with Gasteiger partial charge in [0, 0.05) is 0 Å². The Bertz CT molecular complexity index is 132. The summed E-state index contributed by atoms with van der Waals surface area (Å²) in [5.41, 5.74) is 5.63. The fourth-order valence-corrected chi connectivity index (χ4v) is 2.68. The lowest BCUT2D eigenvalue weighted by Crippen LogP contribution is -2.12. The van der Waals surface area contributed by atoms with Crippen LogP contribution in [0.5, 0.6) is 0 Å². The second-order valence-electron chi connectivity index (χ2n) is 4.29. The molecule has 0 bridgehead atoms. The van der Waals surface area contributed by atoms with Crippen LogP contribution in [-0.4, -0.2) is 6.54 Å². The molecule has 12 heavy (non-hydrogen) atoms. The Balaban J connectivity index is 0.000000720. The summed E-state index contributed by atoms with van der Waals surface area (Å²) in [7, 11) is 0. The molecule has 0 spiro atoms. The van der Waals surface area contributed by atoms with Crippen molar-refractivity contribution < 1.29 is 0 Å². The Labute approximate surface area is 81.5 Å². The lowest BCUT2D eigenvalue weighted by atomic mass is 9.85. The molecule has 2 rings (SSSR count). The van der Waals surface area contributed by atoms with E-state index in [1.807, 2.05) is 0 Å². The van der Waals surface area contributed by atoms with Crippen molar-refractivity contribution in [3.63, 3.8) is 0 Å². The smallest absolute Gasteiger partial charge is 0.00460 e. The summed E-state index contributed by atoms with van der Waals surface area (Å²) in [4.78, 5) is 0. The van der Waals surface area contributed by atoms with Crippen molar-refractivity contribution in [1.82, 2.24) is 0 Å². The highest BCUT2D eigenvalue weighted by molar-refractivity contribution is 5.85. The van der Waals surface area contributed by atoms with Gasteiger partial charge in [-0.25, -0.2) is 0 Å². The Hall–Kier alpha value is 0.250. The van der Waals surface area contributed by atoms with E-state index < -0.39 is 0 Å². The molecule has 1 nitrogen and oxygen atoms in total. The Kier molecular flexibility index (Phi) is 3.85. The van der Waals surface area contributed by atoms with E-state index in [-0.39, 0.29) is 12.4 Å². The van der Waals surface area contributed by atoms with Gasteiger partial charge in [0.1, 0.15) is 0 Å². The zero-order valence-corrected chi connectivity index (χ0v) is 8.48. The van der Waals surface area contributed by atoms with E-state index in [9.17, 15) is 0 Å². The van der Waals surface area contributed by atoms with Crippen LogP contribution in [-0.2, 0) is 0 Å². The van der Waals surface area contributed by atoms with Gasteiger partial charge in [-0.3, -0.25) is 0 Å². The summed E-state index contributed by atoms with van der Waals surface area (Å²) in [6.45, 7) is 0.946. The molecule has 0 amide bonds. The van der Waals surface area contributed by atoms with E-state index in [4.69, 9.17) is 5.73 Å². The minimum absolute atomic E-state index is 0. The lowest BCUT2D eigenvalue weighted by Gasteiger charge is -2.21. The molecule has 2 aliphatic rings. The Morgan fingerprint density at radius 1 is 1.08 bits per heavy atom. The van der Waals surface area contributed by atoms with Gasteiger partial charge in [0.05, 0.1) is 0 Å². The number of hydrogen-bond donors (Lipinski definition) is 1. The molecular formula is C10H20ClN. The molecule has 0 unspecified atom stereocenters. The van der Waals surface area contributed by atoms with Gasteiger partial charge in [-0.2, -0.15) is 0 Å². The minimum Gasteiger partial charge on any atom is -0.330 e. The number of halogens is 1. The predicted octanol–water partition coefficient (Wildman–Crippen LogP) is 2.58. The first kappa shape index (κ1) is 10.3. The van der Waals surface area contributed by atoms with Crippen molar-refractivity contribution in [3.05, 3.63) is 0 Å². The van der Waals surface area contributed by atoms with E-state index in [1.165, 1.54) is 38.5 Å². The molecule has 0 saturated heterocycles. The number of hydrogen-bond acceptors (Lipinski definition) is 1.